The van der Waals surface area contributed by atoms with Crippen LogP contribution in [0.5, 0.6) is 0 Å². The standard InChI is InChI=1S/C13H20O4/c1-5-8-11(12(14)16-4)10(7-3)13(15)17-9-6-2/h5-6,10-11H,1-2,7-9H2,3-4H3/t10-,11+/m1/s1. The number of rotatable bonds is 8. The van der Waals surface area contributed by atoms with Gasteiger partial charge < -0.3 is 9.47 Å². The zero-order valence-corrected chi connectivity index (χ0v) is 10.5. The molecule has 2 atom stereocenters. The molecule has 0 saturated carbocycles. The van der Waals surface area contributed by atoms with Crippen molar-refractivity contribution < 1.29 is 19.1 Å². The predicted octanol–water partition coefficient (Wildman–Crippen LogP) is 2.11. The van der Waals surface area contributed by atoms with Crippen LogP contribution in [-0.4, -0.2) is 25.7 Å². The molecule has 0 fully saturated rings. The van der Waals surface area contributed by atoms with E-state index >= 15 is 0 Å². The monoisotopic (exact) mass is 240 g/mol. The summed E-state index contributed by atoms with van der Waals surface area (Å²) in [5.41, 5.74) is 0. The van der Waals surface area contributed by atoms with Crippen molar-refractivity contribution >= 4 is 11.9 Å². The number of carbonyl (C=O) groups is 2. The van der Waals surface area contributed by atoms with E-state index in [1.54, 1.807) is 6.08 Å². The molecule has 0 aromatic rings. The van der Waals surface area contributed by atoms with Crippen LogP contribution in [0.4, 0.5) is 0 Å². The van der Waals surface area contributed by atoms with Gasteiger partial charge >= 0.3 is 11.9 Å². The molecule has 96 valence electrons. The second-order valence-corrected chi connectivity index (χ2v) is 3.59. The summed E-state index contributed by atoms with van der Waals surface area (Å²) >= 11 is 0. The van der Waals surface area contributed by atoms with E-state index in [-0.39, 0.29) is 6.61 Å². The van der Waals surface area contributed by atoms with Gasteiger partial charge in [0.15, 0.2) is 0 Å². The molecule has 0 bridgehead atoms. The maximum absolute atomic E-state index is 11.8. The van der Waals surface area contributed by atoms with Crippen molar-refractivity contribution in [3.8, 4) is 0 Å². The minimum Gasteiger partial charge on any atom is -0.469 e. The van der Waals surface area contributed by atoms with Crippen LogP contribution in [0, 0.1) is 11.8 Å². The van der Waals surface area contributed by atoms with Gasteiger partial charge in [0.2, 0.25) is 0 Å². The van der Waals surface area contributed by atoms with E-state index in [0.29, 0.717) is 12.8 Å². The highest BCUT2D eigenvalue weighted by Crippen LogP contribution is 2.23. The Morgan fingerprint density at radius 1 is 1.18 bits per heavy atom. The van der Waals surface area contributed by atoms with Crippen LogP contribution in [-0.2, 0) is 19.1 Å². The topological polar surface area (TPSA) is 52.6 Å². The average molecular weight is 240 g/mol. The fourth-order valence-corrected chi connectivity index (χ4v) is 1.62. The fraction of sp³-hybridized carbons (Fsp3) is 0.538. The van der Waals surface area contributed by atoms with E-state index < -0.39 is 23.8 Å². The van der Waals surface area contributed by atoms with Gasteiger partial charge in [-0.15, -0.1) is 6.58 Å². The van der Waals surface area contributed by atoms with Gasteiger partial charge in [-0.25, -0.2) is 0 Å². The zero-order chi connectivity index (χ0) is 13.3. The van der Waals surface area contributed by atoms with Crippen molar-refractivity contribution in [2.45, 2.75) is 19.8 Å². The van der Waals surface area contributed by atoms with E-state index in [1.807, 2.05) is 6.92 Å². The molecule has 0 heterocycles. The Labute approximate surface area is 102 Å². The zero-order valence-electron chi connectivity index (χ0n) is 10.5. The van der Waals surface area contributed by atoms with Gasteiger partial charge in [0.1, 0.15) is 6.61 Å². The van der Waals surface area contributed by atoms with Crippen LogP contribution in [0.3, 0.4) is 0 Å². The lowest BCUT2D eigenvalue weighted by Gasteiger charge is -2.21. The number of allylic oxidation sites excluding steroid dienone is 1. The first-order chi connectivity index (χ1) is 8.12. The molecule has 0 aliphatic carbocycles. The number of ether oxygens (including phenoxy) is 2. The van der Waals surface area contributed by atoms with Crippen LogP contribution in [0.25, 0.3) is 0 Å². The van der Waals surface area contributed by atoms with Gasteiger partial charge in [-0.1, -0.05) is 25.7 Å². The summed E-state index contributed by atoms with van der Waals surface area (Å²) in [6, 6.07) is 0. The minimum atomic E-state index is -0.528. The Balaban J connectivity index is 4.75. The lowest BCUT2D eigenvalue weighted by Crippen LogP contribution is -2.31. The fourth-order valence-electron chi connectivity index (χ4n) is 1.62. The van der Waals surface area contributed by atoms with Gasteiger partial charge in [-0.05, 0) is 12.8 Å². The molecule has 0 aliphatic heterocycles. The van der Waals surface area contributed by atoms with Crippen molar-refractivity contribution in [1.29, 1.82) is 0 Å². The predicted molar refractivity (Wildman–Crippen MR) is 65.3 cm³/mol. The molecule has 0 amide bonds. The molecular weight excluding hydrogens is 220 g/mol. The average Bonchev–Trinajstić information content (AvgIpc) is 2.35. The maximum Gasteiger partial charge on any atom is 0.310 e. The summed E-state index contributed by atoms with van der Waals surface area (Å²) in [4.78, 5) is 23.3. The van der Waals surface area contributed by atoms with Gasteiger partial charge in [-0.3, -0.25) is 9.59 Å². The number of hydrogen-bond donors (Lipinski definition) is 0. The van der Waals surface area contributed by atoms with Crippen LogP contribution in [0.15, 0.2) is 25.3 Å². The number of hydrogen-bond acceptors (Lipinski definition) is 4. The van der Waals surface area contributed by atoms with Gasteiger partial charge in [0.25, 0.3) is 0 Å². The first-order valence-corrected chi connectivity index (χ1v) is 5.58. The van der Waals surface area contributed by atoms with E-state index in [4.69, 9.17) is 4.74 Å². The van der Waals surface area contributed by atoms with Crippen LogP contribution < -0.4 is 0 Å². The third kappa shape index (κ3) is 4.85. The summed E-state index contributed by atoms with van der Waals surface area (Å²) in [6.07, 6.45) is 4.01. The van der Waals surface area contributed by atoms with Crippen molar-refractivity contribution in [3.05, 3.63) is 25.3 Å². The largest absolute Gasteiger partial charge is 0.469 e. The van der Waals surface area contributed by atoms with Crippen molar-refractivity contribution in [2.75, 3.05) is 13.7 Å². The molecule has 0 saturated heterocycles. The summed E-state index contributed by atoms with van der Waals surface area (Å²) < 4.78 is 9.65. The van der Waals surface area contributed by atoms with Crippen molar-refractivity contribution in [3.63, 3.8) is 0 Å². The second kappa shape index (κ2) is 8.56. The molecule has 0 aliphatic rings. The normalized spacial score (nSPS) is 13.3. The third-order valence-electron chi connectivity index (χ3n) is 2.50. The third-order valence-corrected chi connectivity index (χ3v) is 2.50. The molecule has 17 heavy (non-hydrogen) atoms. The SMILES string of the molecule is C=CCOC(=O)[C@H](CC)[C@H](CC=C)C(=O)OC. The van der Waals surface area contributed by atoms with Crippen LogP contribution in [0.1, 0.15) is 19.8 Å². The highest BCUT2D eigenvalue weighted by Gasteiger charge is 2.33. The minimum absolute atomic E-state index is 0.150. The van der Waals surface area contributed by atoms with E-state index in [9.17, 15) is 9.59 Å². The lowest BCUT2D eigenvalue weighted by atomic mass is 9.87. The van der Waals surface area contributed by atoms with E-state index in [2.05, 4.69) is 17.9 Å². The molecular formula is C13H20O4. The summed E-state index contributed by atoms with van der Waals surface area (Å²) in [7, 11) is 1.31. The van der Waals surface area contributed by atoms with Crippen LogP contribution >= 0.6 is 0 Å². The van der Waals surface area contributed by atoms with Crippen molar-refractivity contribution in [1.82, 2.24) is 0 Å². The Morgan fingerprint density at radius 3 is 2.24 bits per heavy atom. The highest BCUT2D eigenvalue weighted by molar-refractivity contribution is 5.82. The highest BCUT2D eigenvalue weighted by atomic mass is 16.5. The molecule has 0 aromatic carbocycles. The van der Waals surface area contributed by atoms with Gasteiger partial charge in [0.05, 0.1) is 18.9 Å². The number of carbonyl (C=O) groups excluding carboxylic acids is 2. The van der Waals surface area contributed by atoms with E-state index in [1.165, 1.54) is 13.2 Å². The van der Waals surface area contributed by atoms with Crippen LogP contribution in [0.2, 0.25) is 0 Å². The Hall–Kier alpha value is -1.58. The second-order valence-electron chi connectivity index (χ2n) is 3.59. The summed E-state index contributed by atoms with van der Waals surface area (Å²) in [6.45, 7) is 9.03. The molecule has 0 N–H and O–H groups in total. The smallest absolute Gasteiger partial charge is 0.310 e. The van der Waals surface area contributed by atoms with E-state index in [0.717, 1.165) is 0 Å². The first-order valence-electron chi connectivity index (χ1n) is 5.58. The molecule has 0 spiro atoms. The Morgan fingerprint density at radius 2 is 1.82 bits per heavy atom. The maximum atomic E-state index is 11.8. The molecule has 0 rings (SSSR count). The quantitative estimate of drug-likeness (QED) is 0.481. The Kier molecular flexibility index (Phi) is 7.76. The number of methoxy groups -OCH3 is 1. The molecule has 0 radical (unpaired) electrons. The Bertz CT molecular complexity index is 283. The van der Waals surface area contributed by atoms with Gasteiger partial charge in [-0.2, -0.15) is 0 Å². The van der Waals surface area contributed by atoms with Crippen molar-refractivity contribution in [2.24, 2.45) is 11.8 Å². The summed E-state index contributed by atoms with van der Waals surface area (Å²) in [5, 5.41) is 0. The lowest BCUT2D eigenvalue weighted by molar-refractivity contribution is -0.158. The molecule has 4 heteroatoms. The molecule has 0 unspecified atom stereocenters. The molecule has 4 nitrogen and oxygen atoms in total. The number of esters is 2. The summed E-state index contributed by atoms with van der Waals surface area (Å²) in [5.74, 6) is -1.84. The first kappa shape index (κ1) is 15.4. The molecule has 0 aromatic heterocycles. The van der Waals surface area contributed by atoms with Gasteiger partial charge in [0, 0.05) is 0 Å².